The molecule has 0 bridgehead atoms. The summed E-state index contributed by atoms with van der Waals surface area (Å²) in [7, 11) is -3.86. The van der Waals surface area contributed by atoms with Gasteiger partial charge in [0.05, 0.1) is 15.9 Å². The number of fused-ring (bicyclic) bond motifs is 3. The topological polar surface area (TPSA) is 98.5 Å². The molecule has 2 aromatic heterocycles. The summed E-state index contributed by atoms with van der Waals surface area (Å²) in [6.45, 7) is 1.51. The van der Waals surface area contributed by atoms with Gasteiger partial charge in [0, 0.05) is 5.69 Å². The fourth-order valence-corrected chi connectivity index (χ4v) is 4.39. The van der Waals surface area contributed by atoms with Crippen LogP contribution in [0.15, 0.2) is 78.0 Å². The summed E-state index contributed by atoms with van der Waals surface area (Å²) in [5.41, 5.74) is 2.60. The van der Waals surface area contributed by atoms with Gasteiger partial charge < -0.3 is 4.74 Å². The highest BCUT2D eigenvalue weighted by atomic mass is 32.2. The van der Waals surface area contributed by atoms with Crippen molar-refractivity contribution in [3.63, 3.8) is 0 Å². The molecule has 0 atom stereocenters. The quantitative estimate of drug-likeness (QED) is 0.429. The third-order valence-electron chi connectivity index (χ3n) is 4.86. The second kappa shape index (κ2) is 7.57. The molecule has 0 fully saturated rings. The summed E-state index contributed by atoms with van der Waals surface area (Å²) in [5.74, 6) is 0.254. The van der Waals surface area contributed by atoms with Gasteiger partial charge in [0.25, 0.3) is 15.9 Å². The molecule has 3 aromatic carbocycles. The van der Waals surface area contributed by atoms with Crippen LogP contribution in [-0.4, -0.2) is 28.0 Å². The van der Waals surface area contributed by atoms with E-state index in [0.717, 1.165) is 11.6 Å². The Labute approximate surface area is 182 Å². The third kappa shape index (κ3) is 3.60. The number of ether oxygens (including phenoxy) is 1. The fraction of sp³-hybridized carbons (Fsp3) is 0.0455. The Hall–Kier alpha value is -4.05. The van der Waals surface area contributed by atoms with Crippen molar-refractivity contribution in [2.75, 3.05) is 4.72 Å². The standard InChI is InChI=1S/C22H16FN5O3S/c1-14-12-17(10-11-18(14)23)32(29,30)27-15-6-8-16(9-7-15)31-22-21-26-24-13-28(21)20-5-3-2-4-19(20)25-22/h2-13,27H,1H3. The van der Waals surface area contributed by atoms with Crippen molar-refractivity contribution in [1.29, 1.82) is 0 Å². The first-order valence-electron chi connectivity index (χ1n) is 9.56. The number of nitrogens with one attached hydrogen (secondary N) is 1. The molecule has 0 aliphatic carbocycles. The van der Waals surface area contributed by atoms with Crippen LogP contribution < -0.4 is 9.46 Å². The fourth-order valence-electron chi connectivity index (χ4n) is 3.25. The predicted octanol–water partition coefficient (Wildman–Crippen LogP) is 4.32. The van der Waals surface area contributed by atoms with Gasteiger partial charge in [-0.1, -0.05) is 12.1 Å². The second-order valence-corrected chi connectivity index (χ2v) is 8.76. The normalized spacial score (nSPS) is 11.7. The summed E-state index contributed by atoms with van der Waals surface area (Å²) in [6.07, 6.45) is 1.58. The van der Waals surface area contributed by atoms with Gasteiger partial charge in [-0.15, -0.1) is 10.2 Å². The lowest BCUT2D eigenvalue weighted by atomic mass is 10.2. The highest BCUT2D eigenvalue weighted by Crippen LogP contribution is 2.28. The first-order valence-corrected chi connectivity index (χ1v) is 11.0. The molecule has 0 saturated carbocycles. The van der Waals surface area contributed by atoms with Crippen molar-refractivity contribution in [3.05, 3.63) is 84.4 Å². The van der Waals surface area contributed by atoms with E-state index in [0.29, 0.717) is 22.6 Å². The number of sulfonamides is 1. The third-order valence-corrected chi connectivity index (χ3v) is 6.24. The van der Waals surface area contributed by atoms with E-state index in [1.54, 1.807) is 35.0 Å². The molecule has 0 aliphatic rings. The summed E-state index contributed by atoms with van der Waals surface area (Å²) in [4.78, 5) is 4.50. The molecule has 32 heavy (non-hydrogen) atoms. The average Bonchev–Trinajstić information content (AvgIpc) is 3.27. The zero-order chi connectivity index (χ0) is 22.3. The Morgan fingerprint density at radius 3 is 2.59 bits per heavy atom. The number of hydrogen-bond acceptors (Lipinski definition) is 6. The van der Waals surface area contributed by atoms with Crippen LogP contribution in [0.5, 0.6) is 11.6 Å². The Balaban J connectivity index is 1.40. The Morgan fingerprint density at radius 1 is 1.03 bits per heavy atom. The van der Waals surface area contributed by atoms with Gasteiger partial charge >= 0.3 is 0 Å². The van der Waals surface area contributed by atoms with E-state index in [1.165, 1.54) is 19.1 Å². The van der Waals surface area contributed by atoms with Crippen LogP contribution in [0.3, 0.4) is 0 Å². The summed E-state index contributed by atoms with van der Waals surface area (Å²) >= 11 is 0. The molecule has 2 heterocycles. The van der Waals surface area contributed by atoms with Gasteiger partial charge in [0.1, 0.15) is 17.9 Å². The van der Waals surface area contributed by atoms with Gasteiger partial charge in [-0.3, -0.25) is 9.12 Å². The van der Waals surface area contributed by atoms with Crippen molar-refractivity contribution in [3.8, 4) is 11.6 Å². The van der Waals surface area contributed by atoms with E-state index < -0.39 is 15.8 Å². The second-order valence-electron chi connectivity index (χ2n) is 7.07. The molecular weight excluding hydrogens is 433 g/mol. The molecule has 1 N–H and O–H groups in total. The summed E-state index contributed by atoms with van der Waals surface area (Å²) < 4.78 is 48.8. The lowest BCUT2D eigenvalue weighted by molar-refractivity contribution is 0.467. The van der Waals surface area contributed by atoms with Gasteiger partial charge in [-0.2, -0.15) is 0 Å². The van der Waals surface area contributed by atoms with Crippen molar-refractivity contribution in [2.24, 2.45) is 0 Å². The molecule has 0 spiro atoms. The molecule has 8 nitrogen and oxygen atoms in total. The van der Waals surface area contributed by atoms with Crippen LogP contribution in [0.2, 0.25) is 0 Å². The summed E-state index contributed by atoms with van der Waals surface area (Å²) in [5, 5.41) is 8.03. The maximum absolute atomic E-state index is 13.5. The molecule has 0 saturated heterocycles. The molecule has 5 aromatic rings. The highest BCUT2D eigenvalue weighted by Gasteiger charge is 2.16. The van der Waals surface area contributed by atoms with Crippen LogP contribution >= 0.6 is 0 Å². The first kappa shape index (κ1) is 19.9. The smallest absolute Gasteiger partial charge is 0.266 e. The number of hydrogen-bond donors (Lipinski definition) is 1. The number of aryl methyl sites for hydroxylation is 1. The Kier molecular flexibility index (Phi) is 4.71. The molecule has 160 valence electrons. The number of nitrogens with zero attached hydrogens (tertiary/aromatic N) is 4. The number of rotatable bonds is 5. The van der Waals surface area contributed by atoms with Gasteiger partial charge in [0.15, 0.2) is 0 Å². The summed E-state index contributed by atoms with van der Waals surface area (Å²) in [6, 6.07) is 17.5. The van der Waals surface area contributed by atoms with Crippen molar-refractivity contribution >= 4 is 32.4 Å². The molecule has 0 aliphatic heterocycles. The molecule has 10 heteroatoms. The van der Waals surface area contributed by atoms with Crippen molar-refractivity contribution < 1.29 is 17.5 Å². The van der Waals surface area contributed by atoms with Crippen LogP contribution in [0.1, 0.15) is 5.56 Å². The van der Waals surface area contributed by atoms with E-state index >= 15 is 0 Å². The molecule has 0 unspecified atom stereocenters. The first-order chi connectivity index (χ1) is 15.4. The largest absolute Gasteiger partial charge is 0.436 e. The van der Waals surface area contributed by atoms with Crippen LogP contribution in [-0.2, 0) is 10.0 Å². The Morgan fingerprint density at radius 2 is 1.81 bits per heavy atom. The molecule has 0 radical (unpaired) electrons. The average molecular weight is 449 g/mol. The lowest BCUT2D eigenvalue weighted by Crippen LogP contribution is -2.13. The number of halogens is 1. The predicted molar refractivity (Wildman–Crippen MR) is 117 cm³/mol. The van der Waals surface area contributed by atoms with Crippen LogP contribution in [0.4, 0.5) is 10.1 Å². The van der Waals surface area contributed by atoms with E-state index in [1.807, 2.05) is 24.3 Å². The van der Waals surface area contributed by atoms with E-state index in [9.17, 15) is 12.8 Å². The van der Waals surface area contributed by atoms with Crippen LogP contribution in [0, 0.1) is 12.7 Å². The van der Waals surface area contributed by atoms with Crippen LogP contribution in [0.25, 0.3) is 16.7 Å². The lowest BCUT2D eigenvalue weighted by Gasteiger charge is -2.11. The minimum Gasteiger partial charge on any atom is -0.436 e. The maximum Gasteiger partial charge on any atom is 0.266 e. The number of benzene rings is 3. The monoisotopic (exact) mass is 449 g/mol. The SMILES string of the molecule is Cc1cc(S(=O)(=O)Nc2ccc(Oc3nc4ccccc4n4cnnc34)cc2)ccc1F. The van der Waals surface area contributed by atoms with Gasteiger partial charge in [0.2, 0.25) is 5.65 Å². The van der Waals surface area contributed by atoms with E-state index in [2.05, 4.69) is 19.9 Å². The minimum atomic E-state index is -3.86. The zero-order valence-corrected chi connectivity index (χ0v) is 17.5. The maximum atomic E-state index is 13.5. The Bertz CT molecular complexity index is 1570. The molecule has 0 amide bonds. The zero-order valence-electron chi connectivity index (χ0n) is 16.7. The van der Waals surface area contributed by atoms with E-state index in [4.69, 9.17) is 4.74 Å². The molecule has 5 rings (SSSR count). The molecular formula is C22H16FN5O3S. The number of para-hydroxylation sites is 2. The van der Waals surface area contributed by atoms with Crippen molar-refractivity contribution in [2.45, 2.75) is 11.8 Å². The van der Waals surface area contributed by atoms with E-state index in [-0.39, 0.29) is 16.3 Å². The number of aromatic nitrogens is 4. The minimum absolute atomic E-state index is 0.0220. The van der Waals surface area contributed by atoms with Crippen molar-refractivity contribution in [1.82, 2.24) is 19.6 Å². The van der Waals surface area contributed by atoms with Gasteiger partial charge in [-0.05, 0) is 67.1 Å². The number of anilines is 1. The highest BCUT2D eigenvalue weighted by molar-refractivity contribution is 7.92. The van der Waals surface area contributed by atoms with Gasteiger partial charge in [-0.25, -0.2) is 17.8 Å².